The van der Waals surface area contributed by atoms with E-state index in [4.69, 9.17) is 9.40 Å². The van der Waals surface area contributed by atoms with E-state index in [1.807, 2.05) is 41.7 Å². The molecule has 8 aromatic carbocycles. The molecule has 0 N–H and O–H groups in total. The molecule has 0 unspecified atom stereocenters. The molecule has 0 aliphatic rings. The minimum Gasteiger partial charge on any atom is -0.436 e. The number of para-hydroxylation sites is 2. The molecule has 52 heavy (non-hydrogen) atoms. The summed E-state index contributed by atoms with van der Waals surface area (Å²) in [5, 5.41) is 7.43. The number of thiophene rings is 1. The van der Waals surface area contributed by atoms with Gasteiger partial charge in [-0.1, -0.05) is 103 Å². The Morgan fingerprint density at radius 3 is 2.00 bits per heavy atom. The van der Waals surface area contributed by atoms with Crippen LogP contribution in [0.4, 0.5) is 17.1 Å². The highest BCUT2D eigenvalue weighted by atomic mass is 32.1. The first kappa shape index (κ1) is 29.1. The maximum Gasteiger partial charge on any atom is 0.227 e. The molecule has 0 bridgehead atoms. The van der Waals surface area contributed by atoms with Crippen LogP contribution in [0.15, 0.2) is 180 Å². The van der Waals surface area contributed by atoms with Crippen molar-refractivity contribution in [2.75, 3.05) is 4.90 Å². The molecule has 0 spiro atoms. The summed E-state index contributed by atoms with van der Waals surface area (Å²) in [6.45, 7) is 0. The van der Waals surface area contributed by atoms with Gasteiger partial charge in [-0.3, -0.25) is 0 Å². The first-order valence-electron chi connectivity index (χ1n) is 17.5. The second kappa shape index (κ2) is 11.4. The van der Waals surface area contributed by atoms with E-state index in [0.717, 1.165) is 44.9 Å². The van der Waals surface area contributed by atoms with Crippen LogP contribution >= 0.6 is 11.3 Å². The number of rotatable bonds is 5. The predicted molar refractivity (Wildman–Crippen MR) is 219 cm³/mol. The quantitative estimate of drug-likeness (QED) is 0.181. The van der Waals surface area contributed by atoms with Crippen LogP contribution < -0.4 is 4.90 Å². The van der Waals surface area contributed by atoms with Crippen molar-refractivity contribution in [2.45, 2.75) is 0 Å². The van der Waals surface area contributed by atoms with Gasteiger partial charge in [0.15, 0.2) is 5.58 Å². The van der Waals surface area contributed by atoms with E-state index in [9.17, 15) is 0 Å². The lowest BCUT2D eigenvalue weighted by molar-refractivity contribution is 0.620. The molecule has 3 heterocycles. The fourth-order valence-corrected chi connectivity index (χ4v) is 9.03. The van der Waals surface area contributed by atoms with Crippen molar-refractivity contribution in [2.24, 2.45) is 0 Å². The number of anilines is 3. The van der Waals surface area contributed by atoms with Gasteiger partial charge in [-0.15, -0.1) is 11.3 Å². The average Bonchev–Trinajstić information content (AvgIpc) is 3.90. The van der Waals surface area contributed by atoms with E-state index in [2.05, 4.69) is 155 Å². The molecule has 0 saturated heterocycles. The van der Waals surface area contributed by atoms with Crippen molar-refractivity contribution in [1.82, 2.24) is 9.55 Å². The number of nitrogens with zero attached hydrogens (tertiary/aromatic N) is 3. The van der Waals surface area contributed by atoms with Crippen molar-refractivity contribution in [1.29, 1.82) is 0 Å². The largest absolute Gasteiger partial charge is 0.436 e. The minimum absolute atomic E-state index is 0.616. The van der Waals surface area contributed by atoms with Crippen LogP contribution in [0, 0.1) is 0 Å². The molecule has 3 aromatic heterocycles. The van der Waals surface area contributed by atoms with E-state index < -0.39 is 0 Å². The van der Waals surface area contributed by atoms with Crippen LogP contribution in [-0.2, 0) is 0 Å². The summed E-state index contributed by atoms with van der Waals surface area (Å²) in [4.78, 5) is 7.39. The number of benzene rings is 8. The van der Waals surface area contributed by atoms with Crippen molar-refractivity contribution < 1.29 is 4.42 Å². The van der Waals surface area contributed by atoms with Gasteiger partial charge in [0.05, 0.1) is 16.7 Å². The lowest BCUT2D eigenvalue weighted by atomic mass is 10.0. The average molecular weight is 684 g/mol. The topological polar surface area (TPSA) is 34.2 Å². The normalized spacial score (nSPS) is 11.8. The summed E-state index contributed by atoms with van der Waals surface area (Å²) in [7, 11) is 0. The summed E-state index contributed by atoms with van der Waals surface area (Å²) in [6.07, 6.45) is 0. The van der Waals surface area contributed by atoms with Crippen LogP contribution in [0.5, 0.6) is 0 Å². The summed E-state index contributed by atoms with van der Waals surface area (Å²) >= 11 is 1.84. The van der Waals surface area contributed by atoms with E-state index in [-0.39, 0.29) is 0 Å². The Labute approximate surface area is 303 Å². The van der Waals surface area contributed by atoms with E-state index in [1.54, 1.807) is 0 Å². The van der Waals surface area contributed by atoms with Gasteiger partial charge in [0.25, 0.3) is 0 Å². The number of oxazole rings is 1. The second-order valence-electron chi connectivity index (χ2n) is 13.2. The molecular weight excluding hydrogens is 655 g/mol. The SMILES string of the molecule is c1ccc(-c2nc3cc(N(c4ccc5c(c4)sc4ccccc45)c4cc5c(c6ccccc46)c4ccccc4n5-c4ccccc4)ccc3o2)cc1. The van der Waals surface area contributed by atoms with Crippen LogP contribution in [-0.4, -0.2) is 9.55 Å². The molecule has 0 radical (unpaired) electrons. The maximum absolute atomic E-state index is 6.29. The molecule has 0 saturated carbocycles. The third-order valence-corrected chi connectivity index (χ3v) is 11.3. The van der Waals surface area contributed by atoms with Crippen molar-refractivity contribution in [3.8, 4) is 17.1 Å². The van der Waals surface area contributed by atoms with Gasteiger partial charge in [0.1, 0.15) is 5.52 Å². The zero-order chi connectivity index (χ0) is 34.2. The molecule has 0 amide bonds. The second-order valence-corrected chi connectivity index (χ2v) is 14.3. The Morgan fingerprint density at radius 2 is 1.15 bits per heavy atom. The smallest absolute Gasteiger partial charge is 0.227 e. The standard InChI is InChI=1S/C47H29N3OS/c1-3-13-30(14-4-1)47-48-39-27-32(24-26-43(39)51-47)49(33-23-25-36-35-18-10-12-22-44(35)52-45(36)28-33)41-29-42-46(37-19-8-7-17-34(37)41)38-20-9-11-21-40(38)50(42)31-15-5-2-6-16-31/h1-29H. The van der Waals surface area contributed by atoms with Crippen LogP contribution in [0.1, 0.15) is 0 Å². The number of aromatic nitrogens is 2. The third kappa shape index (κ3) is 4.43. The van der Waals surface area contributed by atoms with Crippen LogP contribution in [0.3, 0.4) is 0 Å². The summed E-state index contributed by atoms with van der Waals surface area (Å²) in [5.74, 6) is 0.616. The Bertz CT molecular complexity index is 3140. The molecule has 244 valence electrons. The lowest BCUT2D eigenvalue weighted by Gasteiger charge is -2.27. The van der Waals surface area contributed by atoms with Gasteiger partial charge in [0, 0.05) is 59.0 Å². The summed E-state index contributed by atoms with van der Waals surface area (Å²) in [6, 6.07) is 62.7. The van der Waals surface area contributed by atoms with Gasteiger partial charge in [0.2, 0.25) is 5.89 Å². The molecule has 0 fully saturated rings. The summed E-state index contributed by atoms with van der Waals surface area (Å²) in [5.41, 5.74) is 9.17. The van der Waals surface area contributed by atoms with Gasteiger partial charge in [-0.05, 0) is 78.2 Å². The molecule has 0 atom stereocenters. The fourth-order valence-electron chi connectivity index (χ4n) is 7.89. The number of fused-ring (bicyclic) bond motifs is 9. The lowest BCUT2D eigenvalue weighted by Crippen LogP contribution is -2.11. The van der Waals surface area contributed by atoms with Crippen molar-refractivity contribution in [3.63, 3.8) is 0 Å². The van der Waals surface area contributed by atoms with E-state index in [1.165, 1.54) is 47.2 Å². The molecule has 4 nitrogen and oxygen atoms in total. The fraction of sp³-hybridized carbons (Fsp3) is 0. The predicted octanol–water partition coefficient (Wildman–Crippen LogP) is 13.6. The molecule has 11 rings (SSSR count). The zero-order valence-electron chi connectivity index (χ0n) is 27.9. The highest BCUT2D eigenvalue weighted by Crippen LogP contribution is 2.47. The maximum atomic E-state index is 6.29. The van der Waals surface area contributed by atoms with E-state index in [0.29, 0.717) is 5.89 Å². The minimum atomic E-state index is 0.616. The first-order valence-corrected chi connectivity index (χ1v) is 18.3. The monoisotopic (exact) mass is 683 g/mol. The number of hydrogen-bond donors (Lipinski definition) is 0. The van der Waals surface area contributed by atoms with Gasteiger partial charge < -0.3 is 13.9 Å². The van der Waals surface area contributed by atoms with Crippen LogP contribution in [0.2, 0.25) is 0 Å². The molecular formula is C47H29N3OS. The van der Waals surface area contributed by atoms with Crippen LogP contribution in [0.25, 0.3) is 81.0 Å². The highest BCUT2D eigenvalue weighted by Gasteiger charge is 2.23. The third-order valence-electron chi connectivity index (χ3n) is 10.2. The van der Waals surface area contributed by atoms with Crippen molar-refractivity contribution in [3.05, 3.63) is 176 Å². The Morgan fingerprint density at radius 1 is 0.500 bits per heavy atom. The Balaban J connectivity index is 1.22. The first-order chi connectivity index (χ1) is 25.8. The Hall–Kier alpha value is -6.69. The summed E-state index contributed by atoms with van der Waals surface area (Å²) < 4.78 is 11.2. The van der Waals surface area contributed by atoms with Gasteiger partial charge >= 0.3 is 0 Å². The van der Waals surface area contributed by atoms with E-state index >= 15 is 0 Å². The zero-order valence-corrected chi connectivity index (χ0v) is 28.7. The molecule has 0 aliphatic carbocycles. The highest BCUT2D eigenvalue weighted by molar-refractivity contribution is 7.25. The molecule has 11 aromatic rings. The van der Waals surface area contributed by atoms with Crippen molar-refractivity contribution >= 4 is 92.2 Å². The molecule has 0 aliphatic heterocycles. The molecule has 5 heteroatoms. The van der Waals surface area contributed by atoms with Gasteiger partial charge in [-0.2, -0.15) is 0 Å². The number of hydrogen-bond acceptors (Lipinski definition) is 4. The Kier molecular flexibility index (Phi) is 6.39. The van der Waals surface area contributed by atoms with Gasteiger partial charge in [-0.25, -0.2) is 4.98 Å².